The van der Waals surface area contributed by atoms with Crippen molar-refractivity contribution >= 4 is 23.3 Å². The van der Waals surface area contributed by atoms with Gasteiger partial charge >= 0.3 is 5.97 Å². The molecule has 0 aromatic rings. The van der Waals surface area contributed by atoms with Gasteiger partial charge in [-0.15, -0.1) is 11.8 Å². The first-order valence-electron chi connectivity index (χ1n) is 3.32. The van der Waals surface area contributed by atoms with Crippen LogP contribution in [-0.4, -0.2) is 34.5 Å². The molecule has 1 aliphatic rings. The fraction of sp³-hybridized carbons (Fsp3) is 0.667. The maximum absolute atomic E-state index is 10.3. The second kappa shape index (κ2) is 3.73. The molecule has 62 valence electrons. The topological polar surface area (TPSA) is 75.7 Å². The number of rotatable bonds is 3. The van der Waals surface area contributed by atoms with E-state index in [0.717, 1.165) is 5.75 Å². The number of hydrogen-bond acceptors (Lipinski definition) is 4. The zero-order valence-corrected chi connectivity index (χ0v) is 6.75. The van der Waals surface area contributed by atoms with Crippen LogP contribution in [0.4, 0.5) is 0 Å². The molecule has 0 radical (unpaired) electrons. The van der Waals surface area contributed by atoms with Crippen molar-refractivity contribution in [2.45, 2.75) is 18.5 Å². The van der Waals surface area contributed by atoms with E-state index < -0.39 is 12.0 Å². The minimum Gasteiger partial charge on any atom is -0.480 e. The molecule has 1 aliphatic heterocycles. The fourth-order valence-electron chi connectivity index (χ4n) is 0.849. The quantitative estimate of drug-likeness (QED) is 0.628. The Labute approximate surface area is 68.9 Å². The number of carbonyl (C=O) groups is 1. The molecule has 0 amide bonds. The van der Waals surface area contributed by atoms with Gasteiger partial charge in [0.2, 0.25) is 0 Å². The first kappa shape index (κ1) is 8.55. The van der Waals surface area contributed by atoms with E-state index in [4.69, 9.17) is 10.8 Å². The summed E-state index contributed by atoms with van der Waals surface area (Å²) in [6.45, 7) is 0. The molecule has 2 atom stereocenters. The summed E-state index contributed by atoms with van der Waals surface area (Å²) < 4.78 is 0. The molecule has 0 saturated heterocycles. The van der Waals surface area contributed by atoms with Crippen molar-refractivity contribution in [2.24, 2.45) is 10.7 Å². The predicted octanol–water partition coefficient (Wildman–Crippen LogP) is -0.0679. The summed E-state index contributed by atoms with van der Waals surface area (Å²) in [5.74, 6) is -0.0850. The first-order valence-corrected chi connectivity index (χ1v) is 4.36. The molecular weight excluding hydrogens is 164 g/mol. The van der Waals surface area contributed by atoms with Gasteiger partial charge in [-0.2, -0.15) is 0 Å². The molecule has 0 spiro atoms. The zero-order valence-electron chi connectivity index (χ0n) is 5.93. The highest BCUT2D eigenvalue weighted by Crippen LogP contribution is 2.14. The lowest BCUT2D eigenvalue weighted by Crippen LogP contribution is -2.33. The van der Waals surface area contributed by atoms with Crippen LogP contribution in [0, 0.1) is 0 Å². The molecule has 1 heterocycles. The van der Waals surface area contributed by atoms with Crippen LogP contribution >= 0.6 is 11.8 Å². The number of nitrogens with zero attached hydrogens (tertiary/aromatic N) is 1. The number of aliphatic imine (C=N–C) groups is 1. The molecule has 3 N–H and O–H groups in total. The highest BCUT2D eigenvalue weighted by molar-refractivity contribution is 8.12. The van der Waals surface area contributed by atoms with E-state index in [0.29, 0.717) is 6.42 Å². The largest absolute Gasteiger partial charge is 0.480 e. The monoisotopic (exact) mass is 174 g/mol. The van der Waals surface area contributed by atoms with Gasteiger partial charge in [0.25, 0.3) is 0 Å². The maximum atomic E-state index is 10.3. The van der Waals surface area contributed by atoms with Gasteiger partial charge in [-0.05, 0) is 6.42 Å². The van der Waals surface area contributed by atoms with E-state index in [-0.39, 0.29) is 6.04 Å². The normalized spacial score (nSPS) is 25.4. The van der Waals surface area contributed by atoms with Crippen LogP contribution in [-0.2, 0) is 4.79 Å². The molecule has 0 aromatic heterocycles. The minimum atomic E-state index is -0.947. The number of aliphatic carboxylic acids is 1. The molecule has 1 rings (SSSR count). The Balaban J connectivity index is 2.29. The van der Waals surface area contributed by atoms with Crippen molar-refractivity contribution in [3.63, 3.8) is 0 Å². The Kier molecular flexibility index (Phi) is 2.90. The lowest BCUT2D eigenvalue weighted by atomic mass is 10.1. The average Bonchev–Trinajstić information content (AvgIpc) is 2.39. The molecule has 0 aliphatic carbocycles. The lowest BCUT2D eigenvalue weighted by molar-refractivity contribution is -0.138. The molecule has 5 heteroatoms. The van der Waals surface area contributed by atoms with Gasteiger partial charge in [0, 0.05) is 5.75 Å². The van der Waals surface area contributed by atoms with Crippen LogP contribution in [0.1, 0.15) is 6.42 Å². The van der Waals surface area contributed by atoms with E-state index >= 15 is 0 Å². The van der Waals surface area contributed by atoms with Crippen LogP contribution in [0.25, 0.3) is 0 Å². The Morgan fingerprint density at radius 3 is 3.18 bits per heavy atom. The van der Waals surface area contributed by atoms with Crippen molar-refractivity contribution in [2.75, 3.05) is 5.75 Å². The first-order chi connectivity index (χ1) is 5.20. The Hall–Kier alpha value is -0.550. The SMILES string of the molecule is N[C@@H](CC1CSC=N1)C(=O)O. The number of hydrogen-bond donors (Lipinski definition) is 2. The second-order valence-corrected chi connectivity index (χ2v) is 3.30. The average molecular weight is 174 g/mol. The summed E-state index contributed by atoms with van der Waals surface area (Å²) in [5, 5.41) is 8.46. The molecule has 0 saturated carbocycles. The summed E-state index contributed by atoms with van der Waals surface area (Å²) in [7, 11) is 0. The summed E-state index contributed by atoms with van der Waals surface area (Å²) >= 11 is 1.60. The molecule has 0 aromatic carbocycles. The Morgan fingerprint density at radius 1 is 2.00 bits per heavy atom. The number of carboxylic acid groups (broad SMARTS) is 1. The van der Waals surface area contributed by atoms with Crippen LogP contribution in [0.2, 0.25) is 0 Å². The van der Waals surface area contributed by atoms with Crippen molar-refractivity contribution in [3.05, 3.63) is 0 Å². The smallest absolute Gasteiger partial charge is 0.320 e. The third kappa shape index (κ3) is 2.51. The van der Waals surface area contributed by atoms with Crippen molar-refractivity contribution in [3.8, 4) is 0 Å². The molecule has 11 heavy (non-hydrogen) atoms. The molecule has 0 bridgehead atoms. The number of carboxylic acids is 1. The Morgan fingerprint density at radius 2 is 2.73 bits per heavy atom. The van der Waals surface area contributed by atoms with Gasteiger partial charge in [-0.3, -0.25) is 9.79 Å². The van der Waals surface area contributed by atoms with Crippen LogP contribution < -0.4 is 5.73 Å². The van der Waals surface area contributed by atoms with Crippen molar-refractivity contribution < 1.29 is 9.90 Å². The third-order valence-corrected chi connectivity index (χ3v) is 2.33. The van der Waals surface area contributed by atoms with E-state index in [1.165, 1.54) is 0 Å². The van der Waals surface area contributed by atoms with E-state index in [9.17, 15) is 4.79 Å². The van der Waals surface area contributed by atoms with Crippen LogP contribution in [0.3, 0.4) is 0 Å². The lowest BCUT2D eigenvalue weighted by Gasteiger charge is -2.08. The van der Waals surface area contributed by atoms with Crippen molar-refractivity contribution in [1.29, 1.82) is 0 Å². The maximum Gasteiger partial charge on any atom is 0.320 e. The number of nitrogens with two attached hydrogens (primary N) is 1. The van der Waals surface area contributed by atoms with E-state index in [1.54, 1.807) is 17.3 Å². The minimum absolute atomic E-state index is 0.103. The summed E-state index contributed by atoms with van der Waals surface area (Å²) in [6.07, 6.45) is 0.443. The van der Waals surface area contributed by atoms with E-state index in [2.05, 4.69) is 4.99 Å². The highest BCUT2D eigenvalue weighted by Gasteiger charge is 2.19. The molecular formula is C6H10N2O2S. The van der Waals surface area contributed by atoms with Gasteiger partial charge in [-0.1, -0.05) is 0 Å². The molecule has 1 unspecified atom stereocenters. The molecule has 4 nitrogen and oxygen atoms in total. The van der Waals surface area contributed by atoms with Gasteiger partial charge in [0.15, 0.2) is 0 Å². The van der Waals surface area contributed by atoms with Crippen LogP contribution in [0.15, 0.2) is 4.99 Å². The van der Waals surface area contributed by atoms with Crippen molar-refractivity contribution in [1.82, 2.24) is 0 Å². The third-order valence-electron chi connectivity index (χ3n) is 1.48. The number of thioether (sulfide) groups is 1. The van der Waals surface area contributed by atoms with E-state index in [1.807, 2.05) is 0 Å². The zero-order chi connectivity index (χ0) is 8.27. The standard InChI is InChI=1S/C6H10N2O2S/c7-5(6(9)10)1-4-2-11-3-8-4/h3-5H,1-2,7H2,(H,9,10)/t4?,5-/m0/s1. The predicted molar refractivity (Wildman–Crippen MR) is 45.0 cm³/mol. The van der Waals surface area contributed by atoms with Gasteiger partial charge in [0.05, 0.1) is 11.6 Å². The highest BCUT2D eigenvalue weighted by atomic mass is 32.2. The summed E-state index contributed by atoms with van der Waals surface area (Å²) in [5.41, 5.74) is 7.06. The summed E-state index contributed by atoms with van der Waals surface area (Å²) in [6, 6.07) is -0.665. The molecule has 0 fully saturated rings. The van der Waals surface area contributed by atoms with Crippen LogP contribution in [0.5, 0.6) is 0 Å². The fourth-order valence-corrected chi connectivity index (χ4v) is 1.64. The van der Waals surface area contributed by atoms with Gasteiger partial charge in [-0.25, -0.2) is 0 Å². The Bertz CT molecular complexity index is 183. The van der Waals surface area contributed by atoms with Gasteiger partial charge in [0.1, 0.15) is 6.04 Å². The summed E-state index contributed by atoms with van der Waals surface area (Å²) in [4.78, 5) is 14.4. The van der Waals surface area contributed by atoms with Gasteiger partial charge < -0.3 is 10.8 Å². The second-order valence-electron chi connectivity index (χ2n) is 2.42.